The van der Waals surface area contributed by atoms with Gasteiger partial charge < -0.3 is 11.1 Å². The van der Waals surface area contributed by atoms with Gasteiger partial charge in [-0.1, -0.05) is 19.1 Å². The molecule has 1 atom stereocenters. The lowest BCUT2D eigenvalue weighted by Crippen LogP contribution is -2.36. The summed E-state index contributed by atoms with van der Waals surface area (Å²) in [4.78, 5) is 11.7. The highest BCUT2D eigenvalue weighted by Crippen LogP contribution is 2.10. The van der Waals surface area contributed by atoms with Crippen molar-refractivity contribution in [3.63, 3.8) is 0 Å². The maximum atomic E-state index is 11.7. The largest absolute Gasteiger partial charge is 0.325 e. The molecule has 0 radical (unpaired) electrons. The number of carbonyl (C=O) groups excluding carboxylic acids is 1. The van der Waals surface area contributed by atoms with E-state index in [2.05, 4.69) is 12.2 Å². The zero-order chi connectivity index (χ0) is 12.7. The van der Waals surface area contributed by atoms with Crippen molar-refractivity contribution in [2.45, 2.75) is 25.8 Å². The summed E-state index contributed by atoms with van der Waals surface area (Å²) >= 11 is 1.70. The molecule has 0 bridgehead atoms. The Morgan fingerprint density at radius 3 is 2.59 bits per heavy atom. The molecular weight excluding hydrogens is 232 g/mol. The lowest BCUT2D eigenvalue weighted by molar-refractivity contribution is -0.117. The summed E-state index contributed by atoms with van der Waals surface area (Å²) in [5.74, 6) is 0.798. The highest BCUT2D eigenvalue weighted by atomic mass is 32.2. The maximum absolute atomic E-state index is 11.7. The molecule has 0 unspecified atom stereocenters. The fourth-order valence-corrected chi connectivity index (χ4v) is 1.92. The molecular formula is C13H20N2OS. The first-order valence-corrected chi connectivity index (χ1v) is 7.21. The highest BCUT2D eigenvalue weighted by molar-refractivity contribution is 7.98. The Bertz CT molecular complexity index is 351. The van der Waals surface area contributed by atoms with Crippen molar-refractivity contribution in [3.05, 3.63) is 29.8 Å². The van der Waals surface area contributed by atoms with Crippen LogP contribution in [0, 0.1) is 0 Å². The number of thioether (sulfide) groups is 1. The molecule has 0 aromatic heterocycles. The molecule has 0 spiro atoms. The summed E-state index contributed by atoms with van der Waals surface area (Å²) in [5, 5.41) is 2.83. The van der Waals surface area contributed by atoms with Crippen LogP contribution in [0.2, 0.25) is 0 Å². The molecule has 3 nitrogen and oxygen atoms in total. The summed E-state index contributed by atoms with van der Waals surface area (Å²) in [6.07, 6.45) is 3.72. The van der Waals surface area contributed by atoms with Gasteiger partial charge in [-0.3, -0.25) is 4.79 Å². The molecule has 17 heavy (non-hydrogen) atoms. The average molecular weight is 252 g/mol. The van der Waals surface area contributed by atoms with E-state index in [1.54, 1.807) is 11.8 Å². The first kappa shape index (κ1) is 14.1. The van der Waals surface area contributed by atoms with Crippen LogP contribution in [-0.2, 0) is 11.2 Å². The lowest BCUT2D eigenvalue weighted by atomic mass is 10.1. The van der Waals surface area contributed by atoms with Crippen LogP contribution >= 0.6 is 11.8 Å². The van der Waals surface area contributed by atoms with Crippen molar-refractivity contribution >= 4 is 23.4 Å². The standard InChI is InChI=1S/C13H20N2OS/c1-3-10-4-6-11(7-5-10)15-13(16)12(14)8-9-17-2/h4-7,12H,3,8-9,14H2,1-2H3,(H,15,16)/t12-/m1/s1. The minimum absolute atomic E-state index is 0.108. The molecule has 0 saturated heterocycles. The zero-order valence-corrected chi connectivity index (χ0v) is 11.2. The second-order valence-corrected chi connectivity index (χ2v) is 4.91. The second kappa shape index (κ2) is 7.35. The molecule has 0 aliphatic heterocycles. The smallest absolute Gasteiger partial charge is 0.241 e. The third kappa shape index (κ3) is 4.79. The molecule has 3 N–H and O–H groups in total. The number of aryl methyl sites for hydroxylation is 1. The molecule has 1 amide bonds. The van der Waals surface area contributed by atoms with Gasteiger partial charge in [-0.05, 0) is 42.5 Å². The number of benzene rings is 1. The van der Waals surface area contributed by atoms with Crippen LogP contribution in [0.25, 0.3) is 0 Å². The van der Waals surface area contributed by atoms with Crippen molar-refractivity contribution < 1.29 is 4.79 Å². The van der Waals surface area contributed by atoms with Crippen molar-refractivity contribution in [3.8, 4) is 0 Å². The van der Waals surface area contributed by atoms with Gasteiger partial charge in [0.2, 0.25) is 5.91 Å². The topological polar surface area (TPSA) is 55.1 Å². The van der Waals surface area contributed by atoms with Gasteiger partial charge >= 0.3 is 0 Å². The van der Waals surface area contributed by atoms with Crippen LogP contribution in [0.5, 0.6) is 0 Å². The number of hydrogen-bond donors (Lipinski definition) is 2. The first-order chi connectivity index (χ1) is 8.17. The Morgan fingerprint density at radius 1 is 1.41 bits per heavy atom. The van der Waals surface area contributed by atoms with E-state index in [-0.39, 0.29) is 5.91 Å². The van der Waals surface area contributed by atoms with Gasteiger partial charge in [-0.25, -0.2) is 0 Å². The van der Waals surface area contributed by atoms with Crippen LogP contribution in [0.15, 0.2) is 24.3 Å². The average Bonchev–Trinajstić information content (AvgIpc) is 2.36. The van der Waals surface area contributed by atoms with Crippen LogP contribution < -0.4 is 11.1 Å². The van der Waals surface area contributed by atoms with Crippen molar-refractivity contribution in [2.24, 2.45) is 5.73 Å². The fourth-order valence-electron chi connectivity index (χ4n) is 1.43. The van der Waals surface area contributed by atoms with Gasteiger partial charge in [0, 0.05) is 5.69 Å². The summed E-state index contributed by atoms with van der Waals surface area (Å²) < 4.78 is 0. The summed E-state index contributed by atoms with van der Waals surface area (Å²) in [5.41, 5.74) is 7.85. The minimum Gasteiger partial charge on any atom is -0.325 e. The van der Waals surface area contributed by atoms with E-state index in [4.69, 9.17) is 5.73 Å². The van der Waals surface area contributed by atoms with E-state index >= 15 is 0 Å². The van der Waals surface area contributed by atoms with E-state index in [0.717, 1.165) is 17.9 Å². The summed E-state index contributed by atoms with van der Waals surface area (Å²) in [6.45, 7) is 2.10. The number of carbonyl (C=O) groups is 1. The van der Waals surface area contributed by atoms with Crippen molar-refractivity contribution in [1.82, 2.24) is 0 Å². The Balaban J connectivity index is 2.49. The molecule has 94 valence electrons. The Kier molecular flexibility index (Phi) is 6.08. The van der Waals surface area contributed by atoms with E-state index in [1.165, 1.54) is 5.56 Å². The molecule has 0 aliphatic carbocycles. The third-order valence-corrected chi connectivity index (χ3v) is 3.24. The van der Waals surface area contributed by atoms with Gasteiger partial charge in [0.15, 0.2) is 0 Å². The third-order valence-electron chi connectivity index (χ3n) is 2.60. The summed E-state index contributed by atoms with van der Waals surface area (Å²) in [6, 6.07) is 7.44. The quantitative estimate of drug-likeness (QED) is 0.816. The Morgan fingerprint density at radius 2 is 2.06 bits per heavy atom. The summed E-state index contributed by atoms with van der Waals surface area (Å²) in [7, 11) is 0. The van der Waals surface area contributed by atoms with Gasteiger partial charge in [0.05, 0.1) is 6.04 Å². The van der Waals surface area contributed by atoms with Crippen molar-refractivity contribution in [1.29, 1.82) is 0 Å². The number of nitrogens with two attached hydrogens (primary N) is 1. The van der Waals surface area contributed by atoms with Gasteiger partial charge in [-0.2, -0.15) is 11.8 Å². The van der Waals surface area contributed by atoms with E-state index in [9.17, 15) is 4.79 Å². The first-order valence-electron chi connectivity index (χ1n) is 5.81. The van der Waals surface area contributed by atoms with Gasteiger partial charge in [0.1, 0.15) is 0 Å². The number of nitrogens with one attached hydrogen (secondary N) is 1. The number of hydrogen-bond acceptors (Lipinski definition) is 3. The molecule has 0 aliphatic rings. The van der Waals surface area contributed by atoms with Crippen LogP contribution in [-0.4, -0.2) is 24.0 Å². The molecule has 1 aromatic rings. The molecule has 1 aromatic carbocycles. The van der Waals surface area contributed by atoms with E-state index in [0.29, 0.717) is 6.42 Å². The minimum atomic E-state index is -0.423. The molecule has 4 heteroatoms. The number of anilines is 1. The van der Waals surface area contributed by atoms with Crippen LogP contribution in [0.3, 0.4) is 0 Å². The van der Waals surface area contributed by atoms with Gasteiger partial charge in [-0.15, -0.1) is 0 Å². The van der Waals surface area contributed by atoms with Crippen molar-refractivity contribution in [2.75, 3.05) is 17.3 Å². The highest BCUT2D eigenvalue weighted by Gasteiger charge is 2.12. The second-order valence-electron chi connectivity index (χ2n) is 3.93. The maximum Gasteiger partial charge on any atom is 0.241 e. The van der Waals surface area contributed by atoms with Gasteiger partial charge in [0.25, 0.3) is 0 Å². The number of rotatable bonds is 6. The molecule has 0 saturated carbocycles. The molecule has 1 rings (SSSR count). The van der Waals surface area contributed by atoms with E-state index < -0.39 is 6.04 Å². The fraction of sp³-hybridized carbons (Fsp3) is 0.462. The Hall–Kier alpha value is -1.00. The lowest BCUT2D eigenvalue weighted by Gasteiger charge is -2.11. The van der Waals surface area contributed by atoms with E-state index in [1.807, 2.05) is 30.5 Å². The normalized spacial score (nSPS) is 12.2. The number of amides is 1. The van der Waals surface area contributed by atoms with Crippen LogP contribution in [0.4, 0.5) is 5.69 Å². The Labute approximate surface area is 107 Å². The predicted octanol–water partition coefficient (Wildman–Crippen LogP) is 2.27. The van der Waals surface area contributed by atoms with Crippen LogP contribution in [0.1, 0.15) is 18.9 Å². The molecule has 0 heterocycles. The molecule has 0 fully saturated rings. The predicted molar refractivity (Wildman–Crippen MR) is 75.4 cm³/mol. The SMILES string of the molecule is CCc1ccc(NC(=O)[C@H](N)CCSC)cc1. The zero-order valence-electron chi connectivity index (χ0n) is 10.4. The monoisotopic (exact) mass is 252 g/mol.